The van der Waals surface area contributed by atoms with Crippen LogP contribution in [0.2, 0.25) is 0 Å². The summed E-state index contributed by atoms with van der Waals surface area (Å²) in [6, 6.07) is -0.427. The van der Waals surface area contributed by atoms with Crippen molar-refractivity contribution in [2.75, 3.05) is 0 Å². The second-order valence-corrected chi connectivity index (χ2v) is 3.67. The van der Waals surface area contributed by atoms with E-state index in [2.05, 4.69) is 5.16 Å². The Morgan fingerprint density at radius 1 is 1.77 bits per heavy atom. The van der Waals surface area contributed by atoms with Crippen LogP contribution in [0.1, 0.15) is 13.3 Å². The van der Waals surface area contributed by atoms with Crippen LogP contribution in [0, 0.1) is 11.8 Å². The molecule has 0 amide bonds. The minimum atomic E-state index is -0.835. The summed E-state index contributed by atoms with van der Waals surface area (Å²) < 4.78 is 0. The summed E-state index contributed by atoms with van der Waals surface area (Å²) >= 11 is 0. The number of carbonyl (C=O) groups is 1. The van der Waals surface area contributed by atoms with E-state index in [1.54, 1.807) is 0 Å². The van der Waals surface area contributed by atoms with Gasteiger partial charge in [0.15, 0.2) is 6.10 Å². The summed E-state index contributed by atoms with van der Waals surface area (Å²) in [7, 11) is 0. The normalized spacial score (nSPS) is 42.5. The molecule has 0 saturated heterocycles. The summed E-state index contributed by atoms with van der Waals surface area (Å²) in [6.07, 6.45) is 0.331. The molecular formula is C8H12N2O3. The van der Waals surface area contributed by atoms with Crippen molar-refractivity contribution in [3.05, 3.63) is 0 Å². The van der Waals surface area contributed by atoms with Crippen molar-refractivity contribution >= 4 is 11.7 Å². The number of hydrogen-bond acceptors (Lipinski definition) is 4. The van der Waals surface area contributed by atoms with E-state index in [0.717, 1.165) is 5.71 Å². The molecular weight excluding hydrogens is 172 g/mol. The van der Waals surface area contributed by atoms with E-state index in [-0.39, 0.29) is 12.0 Å². The number of oxime groups is 1. The molecule has 0 spiro atoms. The number of hydrogen-bond donors (Lipinski definition) is 2. The van der Waals surface area contributed by atoms with E-state index in [0.29, 0.717) is 6.42 Å². The first-order chi connectivity index (χ1) is 6.11. The quantitative estimate of drug-likeness (QED) is 0.591. The SMILES string of the molecule is CC1=NO[C@@H]2C(N)C(C(=O)O)C[C@H]12. The van der Waals surface area contributed by atoms with E-state index in [1.165, 1.54) is 0 Å². The fraction of sp³-hybridized carbons (Fsp3) is 0.750. The third-order valence-electron chi connectivity index (χ3n) is 2.92. The molecule has 0 aromatic heterocycles. The predicted octanol–water partition coefficient (Wildman–Crippen LogP) is -0.191. The van der Waals surface area contributed by atoms with Crippen LogP contribution >= 0.6 is 0 Å². The van der Waals surface area contributed by atoms with E-state index >= 15 is 0 Å². The Hall–Kier alpha value is -1.10. The minimum Gasteiger partial charge on any atom is -0.481 e. The van der Waals surface area contributed by atoms with Gasteiger partial charge >= 0.3 is 5.97 Å². The van der Waals surface area contributed by atoms with Crippen LogP contribution in [0.5, 0.6) is 0 Å². The Balaban J connectivity index is 2.18. The third-order valence-corrected chi connectivity index (χ3v) is 2.92. The Bertz CT molecular complexity index is 277. The van der Waals surface area contributed by atoms with Crippen molar-refractivity contribution in [2.45, 2.75) is 25.5 Å². The van der Waals surface area contributed by atoms with E-state index in [9.17, 15) is 4.79 Å². The highest BCUT2D eigenvalue weighted by Crippen LogP contribution is 2.37. The van der Waals surface area contributed by atoms with Gasteiger partial charge in [-0.05, 0) is 13.3 Å². The molecule has 1 fully saturated rings. The maximum atomic E-state index is 10.8. The predicted molar refractivity (Wildman–Crippen MR) is 45.2 cm³/mol. The molecule has 3 N–H and O–H groups in total. The van der Waals surface area contributed by atoms with Gasteiger partial charge in [-0.3, -0.25) is 4.79 Å². The summed E-state index contributed by atoms with van der Waals surface area (Å²) in [5, 5.41) is 12.7. The van der Waals surface area contributed by atoms with Crippen molar-refractivity contribution < 1.29 is 14.7 Å². The fourth-order valence-corrected chi connectivity index (χ4v) is 2.09. The molecule has 13 heavy (non-hydrogen) atoms. The average molecular weight is 184 g/mol. The fourth-order valence-electron chi connectivity index (χ4n) is 2.09. The van der Waals surface area contributed by atoms with Gasteiger partial charge in [-0.1, -0.05) is 5.16 Å². The number of fused-ring (bicyclic) bond motifs is 1. The van der Waals surface area contributed by atoms with Gasteiger partial charge in [0.05, 0.1) is 17.7 Å². The van der Waals surface area contributed by atoms with Gasteiger partial charge in [-0.25, -0.2) is 0 Å². The maximum Gasteiger partial charge on any atom is 0.308 e. The summed E-state index contributed by atoms with van der Waals surface area (Å²) in [5.41, 5.74) is 6.61. The number of aliphatic carboxylic acids is 1. The van der Waals surface area contributed by atoms with Crippen LogP contribution in [0.3, 0.4) is 0 Å². The molecule has 5 nitrogen and oxygen atoms in total. The summed E-state index contributed by atoms with van der Waals surface area (Å²) in [4.78, 5) is 15.9. The van der Waals surface area contributed by atoms with Crippen LogP contribution in [0.25, 0.3) is 0 Å². The first-order valence-electron chi connectivity index (χ1n) is 4.30. The number of nitrogens with zero attached hydrogens (tertiary/aromatic N) is 1. The van der Waals surface area contributed by atoms with E-state index < -0.39 is 17.9 Å². The molecule has 1 aliphatic carbocycles. The molecule has 1 saturated carbocycles. The van der Waals surface area contributed by atoms with Gasteiger partial charge in [0.1, 0.15) is 0 Å². The lowest BCUT2D eigenvalue weighted by atomic mass is 10.0. The van der Waals surface area contributed by atoms with Crippen LogP contribution in [-0.4, -0.2) is 28.9 Å². The molecule has 0 aromatic carbocycles. The second kappa shape index (κ2) is 2.70. The van der Waals surface area contributed by atoms with Crippen molar-refractivity contribution in [1.29, 1.82) is 0 Å². The number of nitrogens with two attached hydrogens (primary N) is 1. The highest BCUT2D eigenvalue weighted by molar-refractivity contribution is 5.87. The van der Waals surface area contributed by atoms with Crippen LogP contribution in [0.4, 0.5) is 0 Å². The van der Waals surface area contributed by atoms with E-state index in [4.69, 9.17) is 15.7 Å². The van der Waals surface area contributed by atoms with Gasteiger partial charge in [0.2, 0.25) is 0 Å². The van der Waals surface area contributed by atoms with Gasteiger partial charge in [-0.2, -0.15) is 0 Å². The maximum absolute atomic E-state index is 10.8. The number of carboxylic acid groups (broad SMARTS) is 1. The molecule has 0 aromatic rings. The standard InChI is InChI=1S/C8H12N2O3/c1-3-4-2-5(8(11)12)6(9)7(4)13-10-3/h4-7H,2,9H2,1H3,(H,11,12)/t4-,5?,6?,7+/m1/s1. The lowest BCUT2D eigenvalue weighted by molar-refractivity contribution is -0.142. The largest absolute Gasteiger partial charge is 0.481 e. The first-order valence-corrected chi connectivity index (χ1v) is 4.30. The molecule has 2 unspecified atom stereocenters. The minimum absolute atomic E-state index is 0.107. The van der Waals surface area contributed by atoms with E-state index in [1.807, 2.05) is 6.92 Å². The van der Waals surface area contributed by atoms with Gasteiger partial charge in [0, 0.05) is 5.92 Å². The highest BCUT2D eigenvalue weighted by atomic mass is 16.6. The zero-order valence-electron chi connectivity index (χ0n) is 7.30. The van der Waals surface area contributed by atoms with Gasteiger partial charge < -0.3 is 15.7 Å². The Morgan fingerprint density at radius 3 is 3.00 bits per heavy atom. The Labute approximate surface area is 75.5 Å². The molecule has 2 aliphatic rings. The average Bonchev–Trinajstić information content (AvgIpc) is 2.55. The van der Waals surface area contributed by atoms with Crippen molar-refractivity contribution in [2.24, 2.45) is 22.7 Å². The van der Waals surface area contributed by atoms with Crippen LogP contribution < -0.4 is 5.73 Å². The lowest BCUT2D eigenvalue weighted by Gasteiger charge is -2.14. The van der Waals surface area contributed by atoms with Crippen molar-refractivity contribution in [3.63, 3.8) is 0 Å². The molecule has 0 bridgehead atoms. The summed E-state index contributed by atoms with van der Waals surface area (Å²) in [6.45, 7) is 1.85. The van der Waals surface area contributed by atoms with Crippen molar-refractivity contribution in [1.82, 2.24) is 0 Å². The molecule has 0 radical (unpaired) electrons. The molecule has 1 aliphatic heterocycles. The second-order valence-electron chi connectivity index (χ2n) is 3.67. The Kier molecular flexibility index (Phi) is 1.76. The number of rotatable bonds is 1. The topological polar surface area (TPSA) is 84.9 Å². The highest BCUT2D eigenvalue weighted by Gasteiger charge is 2.50. The van der Waals surface area contributed by atoms with Crippen LogP contribution in [0.15, 0.2) is 5.16 Å². The van der Waals surface area contributed by atoms with Gasteiger partial charge in [-0.15, -0.1) is 0 Å². The van der Waals surface area contributed by atoms with Crippen molar-refractivity contribution in [3.8, 4) is 0 Å². The lowest BCUT2D eigenvalue weighted by Crippen LogP contribution is -2.39. The number of carboxylic acids is 1. The Morgan fingerprint density at radius 2 is 2.46 bits per heavy atom. The monoisotopic (exact) mass is 184 g/mol. The zero-order chi connectivity index (χ0) is 9.59. The van der Waals surface area contributed by atoms with Crippen LogP contribution in [-0.2, 0) is 9.63 Å². The molecule has 72 valence electrons. The zero-order valence-corrected chi connectivity index (χ0v) is 7.30. The molecule has 2 rings (SSSR count). The van der Waals surface area contributed by atoms with Gasteiger partial charge in [0.25, 0.3) is 0 Å². The smallest absolute Gasteiger partial charge is 0.308 e. The molecule has 5 heteroatoms. The third kappa shape index (κ3) is 1.11. The first kappa shape index (κ1) is 8.50. The summed E-state index contributed by atoms with van der Waals surface area (Å²) in [5.74, 6) is -1.21. The molecule has 1 heterocycles. The molecule has 4 atom stereocenters.